The molecule has 2 rings (SSSR count). The molecular formula is C14H16N4O4. The normalized spacial score (nSPS) is 11.4. The van der Waals surface area contributed by atoms with Crippen LogP contribution in [0.15, 0.2) is 33.9 Å². The number of nitrogens with zero attached hydrogens (tertiary/aromatic N) is 3. The average molecular weight is 304 g/mol. The van der Waals surface area contributed by atoms with E-state index in [2.05, 4.69) is 20.6 Å². The van der Waals surface area contributed by atoms with E-state index in [9.17, 15) is 4.79 Å². The summed E-state index contributed by atoms with van der Waals surface area (Å²) in [4.78, 5) is 14.6. The van der Waals surface area contributed by atoms with E-state index in [1.165, 1.54) is 0 Å². The minimum absolute atomic E-state index is 0.335. The predicted octanol–water partition coefficient (Wildman–Crippen LogP) is 2.13. The molecule has 0 bridgehead atoms. The number of carbonyl (C=O) groups is 1. The monoisotopic (exact) mass is 304 g/mol. The van der Waals surface area contributed by atoms with Crippen LogP contribution in [0, 0.1) is 0 Å². The summed E-state index contributed by atoms with van der Waals surface area (Å²) in [7, 11) is 0. The Labute approximate surface area is 126 Å². The first-order chi connectivity index (χ1) is 10.6. The van der Waals surface area contributed by atoms with Gasteiger partial charge in [-0.25, -0.2) is 4.79 Å². The number of nitrogens with one attached hydrogen (secondary N) is 1. The number of benzene rings is 1. The van der Waals surface area contributed by atoms with Gasteiger partial charge in [-0.1, -0.05) is 34.6 Å². The fourth-order valence-corrected chi connectivity index (χ4v) is 1.83. The predicted molar refractivity (Wildman–Crippen MR) is 78.1 cm³/mol. The van der Waals surface area contributed by atoms with Crippen molar-refractivity contribution in [2.24, 2.45) is 5.16 Å². The molecule has 0 aliphatic heterocycles. The molecule has 0 atom stereocenters. The second-order valence-electron chi connectivity index (χ2n) is 4.61. The maximum absolute atomic E-state index is 10.3. The molecule has 0 aliphatic carbocycles. The Morgan fingerprint density at radius 3 is 2.73 bits per heavy atom. The van der Waals surface area contributed by atoms with Gasteiger partial charge in [0.25, 0.3) is 0 Å². The fourth-order valence-electron chi connectivity index (χ4n) is 1.83. The Bertz CT molecular complexity index is 664. The minimum atomic E-state index is -1.05. The summed E-state index contributed by atoms with van der Waals surface area (Å²) in [6, 6.07) is 7.23. The molecule has 1 aromatic heterocycles. The van der Waals surface area contributed by atoms with Crippen LogP contribution in [0.3, 0.4) is 0 Å². The fraction of sp³-hybridized carbons (Fsp3) is 0.286. The Balaban J connectivity index is 1.97. The highest BCUT2D eigenvalue weighted by Crippen LogP contribution is 2.17. The van der Waals surface area contributed by atoms with E-state index >= 15 is 0 Å². The zero-order chi connectivity index (χ0) is 15.9. The Morgan fingerprint density at radius 1 is 1.36 bits per heavy atom. The molecule has 3 N–H and O–H groups in total. The van der Waals surface area contributed by atoms with Gasteiger partial charge in [-0.05, 0) is 18.9 Å². The van der Waals surface area contributed by atoms with E-state index in [1.807, 2.05) is 12.1 Å². The van der Waals surface area contributed by atoms with Crippen LogP contribution in [0.5, 0.6) is 0 Å². The molecule has 8 heteroatoms. The van der Waals surface area contributed by atoms with Crippen molar-refractivity contribution in [3.05, 3.63) is 35.7 Å². The molecule has 0 unspecified atom stereocenters. The zero-order valence-electron chi connectivity index (χ0n) is 12.0. The van der Waals surface area contributed by atoms with Crippen molar-refractivity contribution < 1.29 is 19.6 Å². The van der Waals surface area contributed by atoms with Gasteiger partial charge < -0.3 is 20.2 Å². The highest BCUT2D eigenvalue weighted by molar-refractivity contribution is 5.98. The molecule has 0 aliphatic rings. The van der Waals surface area contributed by atoms with Crippen molar-refractivity contribution in [2.75, 3.05) is 6.54 Å². The number of aryl methyl sites for hydroxylation is 1. The summed E-state index contributed by atoms with van der Waals surface area (Å²) in [6.45, 7) is 2.04. The lowest BCUT2D eigenvalue weighted by atomic mass is 10.1. The van der Waals surface area contributed by atoms with Gasteiger partial charge in [0.05, 0.1) is 5.71 Å². The first-order valence-corrected chi connectivity index (χ1v) is 6.69. The lowest BCUT2D eigenvalue weighted by Crippen LogP contribution is -2.22. The van der Waals surface area contributed by atoms with Gasteiger partial charge in [-0.15, -0.1) is 0 Å². The Hall–Kier alpha value is -2.90. The van der Waals surface area contributed by atoms with Crippen LogP contribution in [0.4, 0.5) is 4.79 Å². The molecule has 0 saturated carbocycles. The summed E-state index contributed by atoms with van der Waals surface area (Å²) >= 11 is 0. The number of hydrogen-bond acceptors (Lipinski definition) is 6. The third kappa shape index (κ3) is 4.05. The van der Waals surface area contributed by atoms with E-state index in [0.717, 1.165) is 11.1 Å². The lowest BCUT2D eigenvalue weighted by molar-refractivity contribution is 0.194. The second-order valence-corrected chi connectivity index (χ2v) is 4.61. The Morgan fingerprint density at radius 2 is 2.09 bits per heavy atom. The molecule has 1 amide bonds. The van der Waals surface area contributed by atoms with Crippen molar-refractivity contribution in [2.45, 2.75) is 19.8 Å². The van der Waals surface area contributed by atoms with Crippen molar-refractivity contribution >= 4 is 11.8 Å². The summed E-state index contributed by atoms with van der Waals surface area (Å²) < 4.78 is 5.12. The number of oxime groups is 1. The maximum atomic E-state index is 10.3. The van der Waals surface area contributed by atoms with Crippen molar-refractivity contribution in [3.8, 4) is 11.4 Å². The van der Waals surface area contributed by atoms with Crippen LogP contribution in [0.25, 0.3) is 11.4 Å². The average Bonchev–Trinajstić information content (AvgIpc) is 2.99. The van der Waals surface area contributed by atoms with E-state index in [0.29, 0.717) is 36.8 Å². The van der Waals surface area contributed by atoms with E-state index in [1.54, 1.807) is 19.1 Å². The van der Waals surface area contributed by atoms with Gasteiger partial charge >= 0.3 is 6.09 Å². The van der Waals surface area contributed by atoms with Gasteiger partial charge in [-0.2, -0.15) is 4.98 Å². The molecule has 0 radical (unpaired) electrons. The van der Waals surface area contributed by atoms with Gasteiger partial charge in [-0.3, -0.25) is 0 Å². The van der Waals surface area contributed by atoms with Crippen LogP contribution < -0.4 is 5.32 Å². The van der Waals surface area contributed by atoms with Crippen molar-refractivity contribution in [3.63, 3.8) is 0 Å². The number of amides is 1. The number of rotatable bonds is 6. The topological polar surface area (TPSA) is 121 Å². The molecule has 22 heavy (non-hydrogen) atoms. The summed E-state index contributed by atoms with van der Waals surface area (Å²) in [5.74, 6) is 0.922. The largest absolute Gasteiger partial charge is 0.465 e. The minimum Gasteiger partial charge on any atom is -0.465 e. The van der Waals surface area contributed by atoms with E-state index in [-0.39, 0.29) is 0 Å². The van der Waals surface area contributed by atoms with Crippen LogP contribution in [0.2, 0.25) is 0 Å². The van der Waals surface area contributed by atoms with Crippen LogP contribution in [-0.4, -0.2) is 38.8 Å². The molecule has 2 aromatic rings. The smallest absolute Gasteiger partial charge is 0.404 e. The number of carboxylic acid groups (broad SMARTS) is 1. The van der Waals surface area contributed by atoms with E-state index < -0.39 is 6.09 Å². The standard InChI is InChI=1S/C14H16N4O4/c1-9(17-21)10-4-6-11(7-5-10)13-16-12(22-18-13)3-2-8-15-14(19)20/h4-7,15,21H,2-3,8H2,1H3,(H,19,20). The molecule has 1 aromatic carbocycles. The Kier molecular flexibility index (Phi) is 5.07. The molecular weight excluding hydrogens is 288 g/mol. The third-order valence-corrected chi connectivity index (χ3v) is 3.02. The van der Waals surface area contributed by atoms with Crippen molar-refractivity contribution in [1.29, 1.82) is 0 Å². The van der Waals surface area contributed by atoms with Crippen LogP contribution >= 0.6 is 0 Å². The van der Waals surface area contributed by atoms with Gasteiger partial charge in [0.2, 0.25) is 11.7 Å². The first-order valence-electron chi connectivity index (χ1n) is 6.69. The zero-order valence-corrected chi connectivity index (χ0v) is 12.0. The first kappa shape index (κ1) is 15.5. The SMILES string of the molecule is CC(=NO)c1ccc(-c2noc(CCCNC(=O)O)n2)cc1. The van der Waals surface area contributed by atoms with E-state index in [4.69, 9.17) is 14.8 Å². The highest BCUT2D eigenvalue weighted by Gasteiger charge is 2.09. The third-order valence-electron chi connectivity index (χ3n) is 3.02. The molecule has 116 valence electrons. The molecule has 0 saturated heterocycles. The maximum Gasteiger partial charge on any atom is 0.404 e. The molecule has 0 spiro atoms. The van der Waals surface area contributed by atoms with Gasteiger partial charge in [0.15, 0.2) is 0 Å². The van der Waals surface area contributed by atoms with Gasteiger partial charge in [0.1, 0.15) is 0 Å². The lowest BCUT2D eigenvalue weighted by Gasteiger charge is -1.99. The van der Waals surface area contributed by atoms with Crippen LogP contribution in [-0.2, 0) is 6.42 Å². The quantitative estimate of drug-likeness (QED) is 0.325. The highest BCUT2D eigenvalue weighted by atomic mass is 16.5. The molecule has 8 nitrogen and oxygen atoms in total. The van der Waals surface area contributed by atoms with Crippen molar-refractivity contribution in [1.82, 2.24) is 15.5 Å². The second kappa shape index (κ2) is 7.21. The molecule has 0 fully saturated rings. The number of hydrogen-bond donors (Lipinski definition) is 3. The summed E-state index contributed by atoms with van der Waals surface area (Å²) in [5, 5.41) is 26.5. The summed E-state index contributed by atoms with van der Waals surface area (Å²) in [5.41, 5.74) is 2.11. The number of aromatic nitrogens is 2. The van der Waals surface area contributed by atoms with Crippen LogP contribution in [0.1, 0.15) is 24.8 Å². The summed E-state index contributed by atoms with van der Waals surface area (Å²) in [6.07, 6.45) is 0.0359. The molecule has 1 heterocycles. The van der Waals surface area contributed by atoms with Gasteiger partial charge in [0, 0.05) is 18.5 Å².